The molecule has 0 saturated heterocycles. The van der Waals surface area contributed by atoms with E-state index in [2.05, 4.69) is 14.8 Å². The van der Waals surface area contributed by atoms with Crippen molar-refractivity contribution in [2.24, 2.45) is 5.92 Å². The van der Waals surface area contributed by atoms with Crippen LogP contribution in [0.3, 0.4) is 0 Å². The Morgan fingerprint density at radius 3 is 2.25 bits per heavy atom. The van der Waals surface area contributed by atoms with Gasteiger partial charge in [0.15, 0.2) is 11.6 Å². The van der Waals surface area contributed by atoms with Crippen LogP contribution in [0.15, 0.2) is 18.2 Å². The van der Waals surface area contributed by atoms with E-state index in [9.17, 15) is 23.2 Å². The van der Waals surface area contributed by atoms with E-state index in [4.69, 9.17) is 0 Å². The van der Waals surface area contributed by atoms with Gasteiger partial charge in [-0.25, -0.2) is 13.6 Å². The smallest absolute Gasteiger partial charge is 0.328 e. The van der Waals surface area contributed by atoms with Gasteiger partial charge in [-0.05, 0) is 24.1 Å². The molecule has 24 heavy (non-hydrogen) atoms. The Morgan fingerprint density at radius 2 is 1.71 bits per heavy atom. The number of ether oxygens (including phenoxy) is 2. The van der Waals surface area contributed by atoms with E-state index in [1.54, 1.807) is 6.92 Å². The number of amides is 1. The second kappa shape index (κ2) is 8.95. The molecule has 0 saturated carbocycles. The predicted molar refractivity (Wildman–Crippen MR) is 79.8 cm³/mol. The first-order valence-corrected chi connectivity index (χ1v) is 7.17. The minimum Gasteiger partial charge on any atom is -0.469 e. The first kappa shape index (κ1) is 19.5. The summed E-state index contributed by atoms with van der Waals surface area (Å²) < 4.78 is 35.2. The molecular formula is C16H19F2NO5. The topological polar surface area (TPSA) is 81.7 Å². The van der Waals surface area contributed by atoms with Crippen LogP contribution in [0.25, 0.3) is 0 Å². The maximum Gasteiger partial charge on any atom is 0.328 e. The predicted octanol–water partition coefficient (Wildman–Crippen LogP) is 1.36. The molecule has 0 heterocycles. The van der Waals surface area contributed by atoms with E-state index in [0.717, 1.165) is 19.2 Å². The van der Waals surface area contributed by atoms with Gasteiger partial charge in [-0.15, -0.1) is 0 Å². The molecule has 1 aromatic rings. The van der Waals surface area contributed by atoms with Crippen molar-refractivity contribution in [3.8, 4) is 0 Å². The lowest BCUT2D eigenvalue weighted by Gasteiger charge is -2.19. The Labute approximate surface area is 138 Å². The third-order valence-electron chi connectivity index (χ3n) is 3.36. The lowest BCUT2D eigenvalue weighted by atomic mass is 10.0. The summed E-state index contributed by atoms with van der Waals surface area (Å²) in [5, 5.41) is 2.42. The zero-order valence-electron chi connectivity index (χ0n) is 13.6. The van der Waals surface area contributed by atoms with Crippen LogP contribution in [0.2, 0.25) is 0 Å². The summed E-state index contributed by atoms with van der Waals surface area (Å²) >= 11 is 0. The van der Waals surface area contributed by atoms with Gasteiger partial charge >= 0.3 is 11.9 Å². The van der Waals surface area contributed by atoms with Crippen LogP contribution in [0.1, 0.15) is 18.9 Å². The van der Waals surface area contributed by atoms with Crippen LogP contribution in [-0.4, -0.2) is 38.1 Å². The van der Waals surface area contributed by atoms with Gasteiger partial charge in [-0.2, -0.15) is 0 Å². The van der Waals surface area contributed by atoms with Gasteiger partial charge in [0.25, 0.3) is 0 Å². The van der Waals surface area contributed by atoms with Crippen molar-refractivity contribution in [3.63, 3.8) is 0 Å². The summed E-state index contributed by atoms with van der Waals surface area (Å²) in [5.41, 5.74) is 0.246. The average molecular weight is 343 g/mol. The molecule has 1 rings (SSSR count). The first-order valence-electron chi connectivity index (χ1n) is 7.17. The van der Waals surface area contributed by atoms with E-state index in [0.29, 0.717) is 0 Å². The van der Waals surface area contributed by atoms with Gasteiger partial charge in [-0.1, -0.05) is 13.0 Å². The largest absolute Gasteiger partial charge is 0.469 e. The fraction of sp³-hybridized carbons (Fsp3) is 0.438. The van der Waals surface area contributed by atoms with Crippen LogP contribution in [-0.2, 0) is 30.3 Å². The lowest BCUT2D eigenvalue weighted by molar-refractivity contribution is -0.148. The van der Waals surface area contributed by atoms with Crippen LogP contribution in [0.5, 0.6) is 0 Å². The number of hydrogen-bond donors (Lipinski definition) is 1. The van der Waals surface area contributed by atoms with Gasteiger partial charge in [0, 0.05) is 0 Å². The highest BCUT2D eigenvalue weighted by Gasteiger charge is 2.27. The molecule has 0 aliphatic rings. The van der Waals surface area contributed by atoms with Gasteiger partial charge in [0.1, 0.15) is 6.04 Å². The second-order valence-electron chi connectivity index (χ2n) is 5.23. The maximum atomic E-state index is 13.1. The summed E-state index contributed by atoms with van der Waals surface area (Å²) in [6.07, 6.45) is -0.264. The Kier molecular flexibility index (Phi) is 7.29. The van der Waals surface area contributed by atoms with Gasteiger partial charge in [-0.3, -0.25) is 9.59 Å². The summed E-state index contributed by atoms with van der Waals surface area (Å²) in [5.74, 6) is -4.55. The second-order valence-corrected chi connectivity index (χ2v) is 5.23. The molecule has 0 radical (unpaired) electrons. The highest BCUT2D eigenvalue weighted by atomic mass is 19.2. The Hall–Kier alpha value is -2.51. The Morgan fingerprint density at radius 1 is 1.08 bits per heavy atom. The van der Waals surface area contributed by atoms with E-state index in [1.807, 2.05) is 0 Å². The van der Waals surface area contributed by atoms with Crippen LogP contribution in [0.4, 0.5) is 8.78 Å². The SMILES string of the molecule is COC(=O)[C@H](C)C[C@H](NC(=O)Cc1ccc(F)c(F)c1)C(=O)OC. The lowest BCUT2D eigenvalue weighted by Crippen LogP contribution is -2.44. The van der Waals surface area contributed by atoms with Gasteiger partial charge < -0.3 is 14.8 Å². The fourth-order valence-corrected chi connectivity index (χ4v) is 2.09. The highest BCUT2D eigenvalue weighted by molar-refractivity contribution is 5.86. The van der Waals surface area contributed by atoms with Crippen molar-refractivity contribution < 1.29 is 32.6 Å². The van der Waals surface area contributed by atoms with Gasteiger partial charge in [0.05, 0.1) is 26.6 Å². The third kappa shape index (κ3) is 5.60. The van der Waals surface area contributed by atoms with E-state index in [-0.39, 0.29) is 18.4 Å². The molecule has 2 atom stereocenters. The highest BCUT2D eigenvalue weighted by Crippen LogP contribution is 2.12. The molecule has 1 aromatic carbocycles. The molecule has 6 nitrogen and oxygen atoms in total. The summed E-state index contributed by atoms with van der Waals surface area (Å²) in [7, 11) is 2.37. The minimum atomic E-state index is -1.07. The third-order valence-corrected chi connectivity index (χ3v) is 3.36. The monoisotopic (exact) mass is 343 g/mol. The Balaban J connectivity index is 2.74. The summed E-state index contributed by atoms with van der Waals surface area (Å²) in [6.45, 7) is 1.54. The van der Waals surface area contributed by atoms with E-state index >= 15 is 0 Å². The minimum absolute atomic E-state index is 0.0110. The van der Waals surface area contributed by atoms with Crippen molar-refractivity contribution in [1.82, 2.24) is 5.32 Å². The Bertz CT molecular complexity index is 620. The fourth-order valence-electron chi connectivity index (χ4n) is 2.09. The van der Waals surface area contributed by atoms with Crippen molar-refractivity contribution in [1.29, 1.82) is 0 Å². The molecule has 1 amide bonds. The van der Waals surface area contributed by atoms with Crippen LogP contribution in [0, 0.1) is 17.6 Å². The molecular weight excluding hydrogens is 324 g/mol. The number of benzene rings is 1. The summed E-state index contributed by atoms with van der Waals surface area (Å²) in [4.78, 5) is 35.2. The molecule has 0 unspecified atom stereocenters. The molecule has 8 heteroatoms. The quantitative estimate of drug-likeness (QED) is 0.756. The molecule has 1 N–H and O–H groups in total. The standard InChI is InChI=1S/C16H19F2NO5/c1-9(15(21)23-2)6-13(16(22)24-3)19-14(20)8-10-4-5-11(17)12(18)7-10/h4-5,7,9,13H,6,8H2,1-3H3,(H,19,20)/t9-,13+/m1/s1. The summed E-state index contributed by atoms with van der Waals surface area (Å²) in [6, 6.07) is 2.03. The van der Waals surface area contributed by atoms with E-state index < -0.39 is 41.4 Å². The number of nitrogens with one attached hydrogen (secondary N) is 1. The first-order chi connectivity index (χ1) is 11.3. The molecule has 0 aromatic heterocycles. The molecule has 132 valence electrons. The number of esters is 2. The number of carbonyl (C=O) groups excluding carboxylic acids is 3. The van der Waals surface area contributed by atoms with Crippen molar-refractivity contribution in [2.75, 3.05) is 14.2 Å². The molecule has 0 spiro atoms. The number of hydrogen-bond acceptors (Lipinski definition) is 5. The number of halogens is 2. The van der Waals surface area contributed by atoms with Gasteiger partial charge in [0.2, 0.25) is 5.91 Å². The normalized spacial score (nSPS) is 12.9. The molecule has 0 bridgehead atoms. The molecule has 0 aliphatic heterocycles. The molecule has 0 fully saturated rings. The van der Waals surface area contributed by atoms with Crippen molar-refractivity contribution in [2.45, 2.75) is 25.8 Å². The number of rotatable bonds is 7. The molecule has 0 aliphatic carbocycles. The maximum absolute atomic E-state index is 13.1. The van der Waals surface area contributed by atoms with Crippen LogP contribution >= 0.6 is 0 Å². The van der Waals surface area contributed by atoms with Crippen molar-refractivity contribution >= 4 is 17.8 Å². The van der Waals surface area contributed by atoms with Crippen LogP contribution < -0.4 is 5.32 Å². The zero-order valence-corrected chi connectivity index (χ0v) is 13.6. The average Bonchev–Trinajstić information content (AvgIpc) is 2.55. The van der Waals surface area contributed by atoms with Crippen molar-refractivity contribution in [3.05, 3.63) is 35.4 Å². The number of carbonyl (C=O) groups is 3. The van der Waals surface area contributed by atoms with E-state index in [1.165, 1.54) is 13.2 Å². The zero-order chi connectivity index (χ0) is 18.3. The number of methoxy groups -OCH3 is 2.